The summed E-state index contributed by atoms with van der Waals surface area (Å²) in [6.45, 7) is 4.70. The lowest BCUT2D eigenvalue weighted by atomic mass is 10.2. The number of nitrogens with one attached hydrogen (secondary N) is 1. The normalized spacial score (nSPS) is 12.0. The van der Waals surface area contributed by atoms with Crippen molar-refractivity contribution < 1.29 is 23.1 Å². The third-order valence-corrected chi connectivity index (χ3v) is 5.44. The van der Waals surface area contributed by atoms with Gasteiger partial charge in [0.05, 0.1) is 16.1 Å². The van der Waals surface area contributed by atoms with Gasteiger partial charge >= 0.3 is 5.97 Å². The highest BCUT2D eigenvalue weighted by atomic mass is 32.2. The highest BCUT2D eigenvalue weighted by Gasteiger charge is 2.28. The first-order valence-corrected chi connectivity index (χ1v) is 7.89. The van der Waals surface area contributed by atoms with E-state index in [0.29, 0.717) is 0 Å². The highest BCUT2D eigenvalue weighted by molar-refractivity contribution is 7.92. The first-order valence-electron chi connectivity index (χ1n) is 6.24. The minimum Gasteiger partial charge on any atom is -0.478 e. The van der Waals surface area contributed by atoms with Gasteiger partial charge in [0.2, 0.25) is 0 Å². The maximum Gasteiger partial charge on any atom is 0.335 e. The molecule has 0 spiro atoms. The van der Waals surface area contributed by atoms with Crippen molar-refractivity contribution in [3.63, 3.8) is 0 Å². The number of sulfone groups is 1. The molecule has 1 aromatic rings. The molecule has 1 amide bonds. The summed E-state index contributed by atoms with van der Waals surface area (Å²) in [5.41, 5.74) is -0.125. The van der Waals surface area contributed by atoms with Gasteiger partial charge < -0.3 is 10.4 Å². The summed E-state index contributed by atoms with van der Waals surface area (Å²) in [5, 5.41) is 11.2. The summed E-state index contributed by atoms with van der Waals surface area (Å²) >= 11 is 0. The molecule has 0 radical (unpaired) electrons. The van der Waals surface area contributed by atoms with Crippen molar-refractivity contribution in [1.82, 2.24) is 10.3 Å². The number of rotatable bonds is 5. The fraction of sp³-hybridized carbons (Fsp3) is 0.462. The lowest BCUT2D eigenvalue weighted by Gasteiger charge is -2.19. The second-order valence-corrected chi connectivity index (χ2v) is 8.28. The van der Waals surface area contributed by atoms with Crippen LogP contribution in [0.2, 0.25) is 0 Å². The van der Waals surface area contributed by atoms with Gasteiger partial charge in [-0.05, 0) is 32.9 Å². The van der Waals surface area contributed by atoms with Gasteiger partial charge in [0.15, 0.2) is 9.84 Å². The molecule has 1 aromatic heterocycles. The van der Waals surface area contributed by atoms with Crippen molar-refractivity contribution in [1.29, 1.82) is 0 Å². The molecule has 8 heteroatoms. The summed E-state index contributed by atoms with van der Waals surface area (Å²) in [6.07, 6.45) is 1.21. The van der Waals surface area contributed by atoms with Crippen molar-refractivity contribution in [3.8, 4) is 0 Å². The summed E-state index contributed by atoms with van der Waals surface area (Å²) < 4.78 is 22.8. The number of hydrogen-bond donors (Lipinski definition) is 2. The molecule has 0 saturated heterocycles. The molecule has 1 rings (SSSR count). The van der Waals surface area contributed by atoms with Gasteiger partial charge in [0.1, 0.15) is 5.69 Å². The van der Waals surface area contributed by atoms with Gasteiger partial charge in [-0.15, -0.1) is 0 Å². The van der Waals surface area contributed by atoms with Crippen LogP contribution in [-0.4, -0.2) is 47.4 Å². The van der Waals surface area contributed by atoms with E-state index in [9.17, 15) is 18.0 Å². The van der Waals surface area contributed by atoms with Crippen LogP contribution in [0.4, 0.5) is 0 Å². The summed E-state index contributed by atoms with van der Waals surface area (Å²) in [5.74, 6) is -1.97. The van der Waals surface area contributed by atoms with E-state index in [-0.39, 0.29) is 23.6 Å². The zero-order valence-electron chi connectivity index (χ0n) is 12.1. The SMILES string of the molecule is CC(C)(C)S(=O)(=O)CCNC(=O)c1cc(C(=O)O)ccn1. The molecule has 0 unspecified atom stereocenters. The van der Waals surface area contributed by atoms with Crippen molar-refractivity contribution >= 4 is 21.7 Å². The van der Waals surface area contributed by atoms with Crippen LogP contribution in [0.15, 0.2) is 18.3 Å². The molecule has 116 valence electrons. The molecule has 21 heavy (non-hydrogen) atoms. The number of aromatic carboxylic acids is 1. The fourth-order valence-electron chi connectivity index (χ4n) is 1.38. The first-order chi connectivity index (χ1) is 9.54. The molecule has 2 N–H and O–H groups in total. The third-order valence-electron chi connectivity index (χ3n) is 2.83. The highest BCUT2D eigenvalue weighted by Crippen LogP contribution is 2.15. The van der Waals surface area contributed by atoms with Crippen LogP contribution in [0, 0.1) is 0 Å². The van der Waals surface area contributed by atoms with E-state index >= 15 is 0 Å². The predicted molar refractivity (Wildman–Crippen MR) is 77.1 cm³/mol. The van der Waals surface area contributed by atoms with E-state index in [1.807, 2.05) is 0 Å². The molecule has 0 bridgehead atoms. The quantitative estimate of drug-likeness (QED) is 0.828. The lowest BCUT2D eigenvalue weighted by molar-refractivity contribution is 0.0696. The molecule has 0 aliphatic rings. The minimum atomic E-state index is -3.33. The molecule has 0 fully saturated rings. The molecule has 1 heterocycles. The predicted octanol–water partition coefficient (Wildman–Crippen LogP) is 0.723. The number of pyridine rings is 1. The van der Waals surface area contributed by atoms with E-state index in [1.54, 1.807) is 20.8 Å². The zero-order chi connectivity index (χ0) is 16.3. The number of carbonyl (C=O) groups excluding carboxylic acids is 1. The Kier molecular flexibility index (Phi) is 5.06. The Bertz CT molecular complexity index is 647. The summed E-state index contributed by atoms with van der Waals surface area (Å²) in [6, 6.07) is 2.40. The average Bonchev–Trinajstić information content (AvgIpc) is 2.37. The van der Waals surface area contributed by atoms with Crippen molar-refractivity contribution in [2.45, 2.75) is 25.5 Å². The van der Waals surface area contributed by atoms with Gasteiger partial charge in [-0.2, -0.15) is 0 Å². The smallest absolute Gasteiger partial charge is 0.335 e. The number of carboxylic acid groups (broad SMARTS) is 1. The van der Waals surface area contributed by atoms with Gasteiger partial charge in [0, 0.05) is 12.7 Å². The number of nitrogens with zero attached hydrogens (tertiary/aromatic N) is 1. The third kappa shape index (κ3) is 4.52. The first kappa shape index (κ1) is 17.1. The van der Waals surface area contributed by atoms with Crippen molar-refractivity contribution in [2.75, 3.05) is 12.3 Å². The van der Waals surface area contributed by atoms with Gasteiger partial charge in [-0.25, -0.2) is 13.2 Å². The maximum absolute atomic E-state index is 11.9. The van der Waals surface area contributed by atoms with Crippen LogP contribution in [0.5, 0.6) is 0 Å². The number of hydrogen-bond acceptors (Lipinski definition) is 5. The average molecular weight is 314 g/mol. The number of carbonyl (C=O) groups is 2. The van der Waals surface area contributed by atoms with Crippen LogP contribution in [0.25, 0.3) is 0 Å². The molecular formula is C13H18N2O5S. The van der Waals surface area contributed by atoms with Gasteiger partial charge in [0.25, 0.3) is 5.91 Å². The summed E-state index contributed by atoms with van der Waals surface area (Å²) in [7, 11) is -3.33. The van der Waals surface area contributed by atoms with Crippen LogP contribution in [0.1, 0.15) is 41.6 Å². The molecule has 0 aromatic carbocycles. The van der Waals surface area contributed by atoms with Gasteiger partial charge in [-0.3, -0.25) is 9.78 Å². The van der Waals surface area contributed by atoms with E-state index in [2.05, 4.69) is 10.3 Å². The van der Waals surface area contributed by atoms with E-state index in [4.69, 9.17) is 5.11 Å². The molecule has 7 nitrogen and oxygen atoms in total. The Morgan fingerprint density at radius 2 is 1.95 bits per heavy atom. The van der Waals surface area contributed by atoms with Gasteiger partial charge in [-0.1, -0.05) is 0 Å². The Labute approximate surface area is 123 Å². The van der Waals surface area contributed by atoms with E-state index in [0.717, 1.165) is 6.07 Å². The zero-order valence-corrected chi connectivity index (χ0v) is 12.9. The fourth-order valence-corrected chi connectivity index (χ4v) is 2.37. The maximum atomic E-state index is 11.9. The van der Waals surface area contributed by atoms with E-state index < -0.39 is 26.5 Å². The Balaban J connectivity index is 2.67. The Hall–Kier alpha value is -1.96. The van der Waals surface area contributed by atoms with Crippen LogP contribution in [0.3, 0.4) is 0 Å². The van der Waals surface area contributed by atoms with E-state index in [1.165, 1.54) is 12.3 Å². The second-order valence-electron chi connectivity index (χ2n) is 5.42. The molecular weight excluding hydrogens is 296 g/mol. The number of amides is 1. The largest absolute Gasteiger partial charge is 0.478 e. The molecule has 0 aliphatic carbocycles. The standard InChI is InChI=1S/C13H18N2O5S/c1-13(2,3)21(19,20)7-6-15-11(16)10-8-9(12(17)18)4-5-14-10/h4-5,8H,6-7H2,1-3H3,(H,15,16)(H,17,18). The molecule has 0 aliphatic heterocycles. The minimum absolute atomic E-state index is 0.0579. The molecule has 0 saturated carbocycles. The second kappa shape index (κ2) is 6.21. The topological polar surface area (TPSA) is 113 Å². The Morgan fingerprint density at radius 1 is 1.33 bits per heavy atom. The van der Waals surface area contributed by atoms with Crippen LogP contribution >= 0.6 is 0 Å². The van der Waals surface area contributed by atoms with Crippen molar-refractivity contribution in [2.24, 2.45) is 0 Å². The Morgan fingerprint density at radius 3 is 2.48 bits per heavy atom. The lowest BCUT2D eigenvalue weighted by Crippen LogP contribution is -2.36. The van der Waals surface area contributed by atoms with Crippen LogP contribution in [-0.2, 0) is 9.84 Å². The van der Waals surface area contributed by atoms with Crippen molar-refractivity contribution in [3.05, 3.63) is 29.6 Å². The summed E-state index contributed by atoms with van der Waals surface area (Å²) in [4.78, 5) is 26.3. The monoisotopic (exact) mass is 314 g/mol. The number of aromatic nitrogens is 1. The molecule has 0 atom stereocenters. The number of carboxylic acids is 1. The van der Waals surface area contributed by atoms with Crippen LogP contribution < -0.4 is 5.32 Å².